The quantitative estimate of drug-likeness (QED) is 0.634. The van der Waals surface area contributed by atoms with E-state index in [1.54, 1.807) is 0 Å². The van der Waals surface area contributed by atoms with Crippen LogP contribution in [0.5, 0.6) is 0 Å². The van der Waals surface area contributed by atoms with Crippen LogP contribution in [0.2, 0.25) is 0 Å². The summed E-state index contributed by atoms with van der Waals surface area (Å²) in [6.07, 6.45) is 10.4. The fourth-order valence-corrected chi connectivity index (χ4v) is 3.38. The predicted octanol–water partition coefficient (Wildman–Crippen LogP) is 3.20. The van der Waals surface area contributed by atoms with Crippen LogP contribution in [0.3, 0.4) is 0 Å². The standard InChI is InChI=1S/C13H25N/c1-11-8-9-14-10-13(11)12-6-4-2-3-5-7-12/h11-14H,2-10H2,1H3. The van der Waals surface area contributed by atoms with E-state index in [2.05, 4.69) is 12.2 Å². The Morgan fingerprint density at radius 3 is 2.29 bits per heavy atom. The van der Waals surface area contributed by atoms with Crippen molar-refractivity contribution in [3.63, 3.8) is 0 Å². The van der Waals surface area contributed by atoms with E-state index in [-0.39, 0.29) is 0 Å². The molecule has 0 spiro atoms. The maximum atomic E-state index is 3.58. The third kappa shape index (κ3) is 2.50. The van der Waals surface area contributed by atoms with Gasteiger partial charge in [-0.05, 0) is 37.3 Å². The Kier molecular flexibility index (Phi) is 3.86. The minimum absolute atomic E-state index is 0.972. The van der Waals surface area contributed by atoms with Crippen LogP contribution < -0.4 is 5.32 Å². The Bertz CT molecular complexity index is 159. The molecule has 2 unspecified atom stereocenters. The van der Waals surface area contributed by atoms with Gasteiger partial charge in [0.1, 0.15) is 0 Å². The lowest BCUT2D eigenvalue weighted by atomic mass is 9.75. The Hall–Kier alpha value is -0.0400. The van der Waals surface area contributed by atoms with Crippen LogP contribution in [0.1, 0.15) is 51.9 Å². The molecule has 1 saturated carbocycles. The average Bonchev–Trinajstić information content (AvgIpc) is 2.47. The van der Waals surface area contributed by atoms with Gasteiger partial charge in [0.05, 0.1) is 0 Å². The first-order valence-electron chi connectivity index (χ1n) is 6.58. The highest BCUT2D eigenvalue weighted by molar-refractivity contribution is 4.82. The minimum Gasteiger partial charge on any atom is -0.316 e. The average molecular weight is 195 g/mol. The van der Waals surface area contributed by atoms with Crippen LogP contribution in [-0.4, -0.2) is 13.1 Å². The molecule has 0 aromatic carbocycles. The number of rotatable bonds is 1. The van der Waals surface area contributed by atoms with Crippen LogP contribution in [0.25, 0.3) is 0 Å². The van der Waals surface area contributed by atoms with Crippen molar-refractivity contribution in [2.45, 2.75) is 51.9 Å². The van der Waals surface area contributed by atoms with Crippen molar-refractivity contribution in [1.29, 1.82) is 0 Å². The lowest BCUT2D eigenvalue weighted by molar-refractivity contribution is 0.174. The van der Waals surface area contributed by atoms with Crippen molar-refractivity contribution in [2.24, 2.45) is 17.8 Å². The molecule has 14 heavy (non-hydrogen) atoms. The second kappa shape index (κ2) is 5.16. The number of hydrogen-bond donors (Lipinski definition) is 1. The molecule has 82 valence electrons. The molecular weight excluding hydrogens is 170 g/mol. The second-order valence-corrected chi connectivity index (χ2v) is 5.39. The van der Waals surface area contributed by atoms with E-state index in [1.165, 1.54) is 58.0 Å². The molecule has 2 fully saturated rings. The Labute approximate surface area is 88.7 Å². The van der Waals surface area contributed by atoms with E-state index in [4.69, 9.17) is 0 Å². The Morgan fingerprint density at radius 2 is 1.64 bits per heavy atom. The first-order valence-corrected chi connectivity index (χ1v) is 6.58. The first kappa shape index (κ1) is 10.5. The molecular formula is C13H25N. The summed E-state index contributed by atoms with van der Waals surface area (Å²) in [5, 5.41) is 3.58. The summed E-state index contributed by atoms with van der Waals surface area (Å²) in [5.41, 5.74) is 0. The van der Waals surface area contributed by atoms with Crippen LogP contribution in [0, 0.1) is 17.8 Å². The summed E-state index contributed by atoms with van der Waals surface area (Å²) < 4.78 is 0. The van der Waals surface area contributed by atoms with Gasteiger partial charge >= 0.3 is 0 Å². The minimum atomic E-state index is 0.972. The fourth-order valence-electron chi connectivity index (χ4n) is 3.38. The molecule has 1 nitrogen and oxygen atoms in total. The van der Waals surface area contributed by atoms with Gasteiger partial charge in [0.25, 0.3) is 0 Å². The highest BCUT2D eigenvalue weighted by atomic mass is 14.9. The highest BCUT2D eigenvalue weighted by Crippen LogP contribution is 2.35. The zero-order valence-electron chi connectivity index (χ0n) is 9.60. The Morgan fingerprint density at radius 1 is 0.929 bits per heavy atom. The van der Waals surface area contributed by atoms with Crippen LogP contribution >= 0.6 is 0 Å². The van der Waals surface area contributed by atoms with Gasteiger partial charge in [0.15, 0.2) is 0 Å². The first-order chi connectivity index (χ1) is 6.88. The van der Waals surface area contributed by atoms with E-state index < -0.39 is 0 Å². The molecule has 0 amide bonds. The molecule has 1 aliphatic heterocycles. The fraction of sp³-hybridized carbons (Fsp3) is 1.00. The smallest absolute Gasteiger partial charge is 0.00153 e. The van der Waals surface area contributed by atoms with Gasteiger partial charge in [-0.2, -0.15) is 0 Å². The highest BCUT2D eigenvalue weighted by Gasteiger charge is 2.28. The van der Waals surface area contributed by atoms with Gasteiger partial charge in [0.2, 0.25) is 0 Å². The van der Waals surface area contributed by atoms with E-state index in [9.17, 15) is 0 Å². The maximum absolute atomic E-state index is 3.58. The molecule has 1 heterocycles. The Balaban J connectivity index is 1.90. The lowest BCUT2D eigenvalue weighted by Crippen LogP contribution is -2.39. The van der Waals surface area contributed by atoms with Gasteiger partial charge in [-0.25, -0.2) is 0 Å². The zero-order valence-corrected chi connectivity index (χ0v) is 9.60. The SMILES string of the molecule is CC1CCNCC1C1CCCCCC1. The van der Waals surface area contributed by atoms with E-state index in [1.807, 2.05) is 0 Å². The molecule has 1 heteroatoms. The van der Waals surface area contributed by atoms with E-state index >= 15 is 0 Å². The van der Waals surface area contributed by atoms with Crippen molar-refractivity contribution in [3.05, 3.63) is 0 Å². The monoisotopic (exact) mass is 195 g/mol. The zero-order chi connectivity index (χ0) is 9.80. The lowest BCUT2D eigenvalue weighted by Gasteiger charge is -2.35. The molecule has 1 saturated heterocycles. The summed E-state index contributed by atoms with van der Waals surface area (Å²) in [7, 11) is 0. The number of nitrogens with one attached hydrogen (secondary N) is 1. The summed E-state index contributed by atoms with van der Waals surface area (Å²) in [5.74, 6) is 3.00. The third-order valence-corrected chi connectivity index (χ3v) is 4.39. The van der Waals surface area contributed by atoms with Crippen LogP contribution in [-0.2, 0) is 0 Å². The summed E-state index contributed by atoms with van der Waals surface area (Å²) in [4.78, 5) is 0. The molecule has 2 rings (SSSR count). The molecule has 0 aromatic rings. The van der Waals surface area contributed by atoms with Crippen LogP contribution in [0.15, 0.2) is 0 Å². The van der Waals surface area contributed by atoms with Gasteiger partial charge in [-0.3, -0.25) is 0 Å². The van der Waals surface area contributed by atoms with Crippen LogP contribution in [0.4, 0.5) is 0 Å². The molecule has 0 radical (unpaired) electrons. The van der Waals surface area contributed by atoms with Crippen molar-refractivity contribution in [1.82, 2.24) is 5.32 Å². The van der Waals surface area contributed by atoms with Crippen molar-refractivity contribution >= 4 is 0 Å². The number of hydrogen-bond acceptors (Lipinski definition) is 1. The van der Waals surface area contributed by atoms with E-state index in [0.717, 1.165) is 17.8 Å². The van der Waals surface area contributed by atoms with Gasteiger partial charge in [0, 0.05) is 0 Å². The summed E-state index contributed by atoms with van der Waals surface area (Å²) >= 11 is 0. The molecule has 0 aromatic heterocycles. The largest absolute Gasteiger partial charge is 0.316 e. The topological polar surface area (TPSA) is 12.0 Å². The van der Waals surface area contributed by atoms with Gasteiger partial charge < -0.3 is 5.32 Å². The molecule has 0 bridgehead atoms. The predicted molar refractivity (Wildman–Crippen MR) is 61.3 cm³/mol. The maximum Gasteiger partial charge on any atom is -0.00153 e. The molecule has 1 N–H and O–H groups in total. The second-order valence-electron chi connectivity index (χ2n) is 5.39. The van der Waals surface area contributed by atoms with Crippen molar-refractivity contribution in [3.8, 4) is 0 Å². The molecule has 2 aliphatic rings. The molecule has 2 atom stereocenters. The van der Waals surface area contributed by atoms with E-state index in [0.29, 0.717) is 0 Å². The van der Waals surface area contributed by atoms with Gasteiger partial charge in [-0.1, -0.05) is 45.4 Å². The third-order valence-electron chi connectivity index (χ3n) is 4.39. The summed E-state index contributed by atoms with van der Waals surface area (Å²) in [6.45, 7) is 5.02. The number of piperidine rings is 1. The van der Waals surface area contributed by atoms with Crippen molar-refractivity contribution < 1.29 is 0 Å². The van der Waals surface area contributed by atoms with Gasteiger partial charge in [-0.15, -0.1) is 0 Å². The summed E-state index contributed by atoms with van der Waals surface area (Å²) in [6, 6.07) is 0. The normalized spacial score (nSPS) is 36.6. The molecule has 1 aliphatic carbocycles. The van der Waals surface area contributed by atoms with Crippen molar-refractivity contribution in [2.75, 3.05) is 13.1 Å².